The van der Waals surface area contributed by atoms with Gasteiger partial charge in [0.15, 0.2) is 5.78 Å². The summed E-state index contributed by atoms with van der Waals surface area (Å²) in [5, 5.41) is 8.62. The van der Waals surface area contributed by atoms with E-state index in [1.165, 1.54) is 12.5 Å². The van der Waals surface area contributed by atoms with E-state index in [0.29, 0.717) is 18.5 Å². The number of benzene rings is 1. The Kier molecular flexibility index (Phi) is 6.26. The van der Waals surface area contributed by atoms with Crippen molar-refractivity contribution in [3.05, 3.63) is 65.0 Å². The van der Waals surface area contributed by atoms with Gasteiger partial charge in [-0.05, 0) is 30.0 Å². The summed E-state index contributed by atoms with van der Waals surface area (Å²) in [5.74, 6) is 0.629. The molecule has 7 nitrogen and oxygen atoms in total. The maximum absolute atomic E-state index is 12.2. The molecule has 2 heterocycles. The van der Waals surface area contributed by atoms with Crippen molar-refractivity contribution in [1.82, 2.24) is 15.6 Å². The van der Waals surface area contributed by atoms with Crippen LogP contribution < -0.4 is 21.7 Å². The number of ketones is 1. The van der Waals surface area contributed by atoms with Gasteiger partial charge in [0, 0.05) is 32.1 Å². The third kappa shape index (κ3) is 4.88. The van der Waals surface area contributed by atoms with Crippen molar-refractivity contribution in [3.8, 4) is 0 Å². The highest BCUT2D eigenvalue weighted by atomic mass is 16.2. The maximum atomic E-state index is 12.2. The SMILES string of the molecule is CC(=O)C(NC(=O)NCCc1ccc2c(n1)NCCC2)=C(N)c1ccccc1. The molecular formula is C21H25N5O2. The minimum absolute atomic E-state index is 0.0832. The first kappa shape index (κ1) is 19.4. The van der Waals surface area contributed by atoms with Crippen LogP contribution >= 0.6 is 0 Å². The lowest BCUT2D eigenvalue weighted by molar-refractivity contribution is -0.113. The van der Waals surface area contributed by atoms with Crippen LogP contribution in [0.15, 0.2) is 48.2 Å². The van der Waals surface area contributed by atoms with E-state index in [-0.39, 0.29) is 17.2 Å². The molecule has 0 spiro atoms. The first-order valence-corrected chi connectivity index (χ1v) is 9.38. The Hall–Kier alpha value is -3.35. The number of hydrogen-bond donors (Lipinski definition) is 4. The molecule has 1 aromatic carbocycles. The zero-order chi connectivity index (χ0) is 19.9. The van der Waals surface area contributed by atoms with Gasteiger partial charge in [0.25, 0.3) is 0 Å². The fourth-order valence-electron chi connectivity index (χ4n) is 3.08. The number of Topliss-reactive ketones (excluding diaryl/α,β-unsaturated/α-hetero) is 1. The van der Waals surface area contributed by atoms with E-state index in [9.17, 15) is 9.59 Å². The number of hydrogen-bond acceptors (Lipinski definition) is 5. The quantitative estimate of drug-likeness (QED) is 0.575. The number of carbonyl (C=O) groups excluding carboxylic acids is 2. The minimum atomic E-state index is -0.472. The number of amides is 2. The normalized spacial score (nSPS) is 13.6. The number of aryl methyl sites for hydroxylation is 1. The van der Waals surface area contributed by atoms with Crippen LogP contribution in [-0.4, -0.2) is 29.9 Å². The fraction of sp³-hybridized carbons (Fsp3) is 0.286. The van der Waals surface area contributed by atoms with Crippen LogP contribution in [0.2, 0.25) is 0 Å². The average Bonchev–Trinajstić information content (AvgIpc) is 2.72. The average molecular weight is 379 g/mol. The molecule has 2 amide bonds. The van der Waals surface area contributed by atoms with Gasteiger partial charge in [-0.3, -0.25) is 4.79 Å². The van der Waals surface area contributed by atoms with Crippen molar-refractivity contribution < 1.29 is 9.59 Å². The van der Waals surface area contributed by atoms with E-state index in [1.807, 2.05) is 24.3 Å². The van der Waals surface area contributed by atoms with Crippen LogP contribution in [0.1, 0.15) is 30.2 Å². The molecule has 0 radical (unpaired) electrons. The molecule has 0 fully saturated rings. The molecule has 1 aliphatic rings. The van der Waals surface area contributed by atoms with Gasteiger partial charge in [0.1, 0.15) is 11.5 Å². The van der Waals surface area contributed by atoms with Crippen molar-refractivity contribution in [2.75, 3.05) is 18.4 Å². The van der Waals surface area contributed by atoms with E-state index in [0.717, 1.165) is 30.9 Å². The highest BCUT2D eigenvalue weighted by Crippen LogP contribution is 2.19. The predicted molar refractivity (Wildman–Crippen MR) is 110 cm³/mol. The van der Waals surface area contributed by atoms with Gasteiger partial charge in [-0.1, -0.05) is 36.4 Å². The second kappa shape index (κ2) is 9.03. The fourth-order valence-corrected chi connectivity index (χ4v) is 3.08. The van der Waals surface area contributed by atoms with E-state index < -0.39 is 6.03 Å². The number of carbonyl (C=O) groups is 2. The Morgan fingerprint density at radius 3 is 2.71 bits per heavy atom. The third-order valence-electron chi connectivity index (χ3n) is 4.56. The molecule has 146 valence electrons. The lowest BCUT2D eigenvalue weighted by Gasteiger charge is -2.17. The predicted octanol–water partition coefficient (Wildman–Crippen LogP) is 2.20. The van der Waals surface area contributed by atoms with Gasteiger partial charge < -0.3 is 21.7 Å². The molecule has 0 atom stereocenters. The van der Waals surface area contributed by atoms with E-state index in [2.05, 4.69) is 27.0 Å². The highest BCUT2D eigenvalue weighted by Gasteiger charge is 2.14. The Morgan fingerprint density at radius 1 is 1.18 bits per heavy atom. The molecule has 1 aromatic heterocycles. The van der Waals surface area contributed by atoms with E-state index in [4.69, 9.17) is 5.73 Å². The lowest BCUT2D eigenvalue weighted by atomic mass is 10.1. The maximum Gasteiger partial charge on any atom is 0.319 e. The number of anilines is 1. The van der Waals surface area contributed by atoms with E-state index in [1.54, 1.807) is 12.1 Å². The van der Waals surface area contributed by atoms with Crippen LogP contribution in [0.25, 0.3) is 5.70 Å². The standard InChI is InChI=1S/C21H25N5O2/c1-14(27)19(18(22)15-6-3-2-4-7-15)26-21(28)24-13-11-17-10-9-16-8-5-12-23-20(16)25-17/h2-4,6-7,9-10H,5,8,11-13,22H2,1H3,(H,23,25)(H2,24,26,28). The van der Waals surface area contributed by atoms with Gasteiger partial charge in [0.2, 0.25) is 0 Å². The van der Waals surface area contributed by atoms with Gasteiger partial charge in [-0.15, -0.1) is 0 Å². The second-order valence-electron chi connectivity index (χ2n) is 6.68. The van der Waals surface area contributed by atoms with Crippen molar-refractivity contribution >= 4 is 23.3 Å². The zero-order valence-electron chi connectivity index (χ0n) is 15.9. The third-order valence-corrected chi connectivity index (χ3v) is 4.56. The summed E-state index contributed by atoms with van der Waals surface area (Å²) in [6.45, 7) is 2.70. The molecule has 28 heavy (non-hydrogen) atoms. The highest BCUT2D eigenvalue weighted by molar-refractivity contribution is 6.03. The van der Waals surface area contributed by atoms with Crippen LogP contribution in [-0.2, 0) is 17.6 Å². The van der Waals surface area contributed by atoms with Crippen molar-refractivity contribution in [1.29, 1.82) is 0 Å². The van der Waals surface area contributed by atoms with E-state index >= 15 is 0 Å². The number of fused-ring (bicyclic) bond motifs is 1. The summed E-state index contributed by atoms with van der Waals surface area (Å²) in [7, 11) is 0. The topological polar surface area (TPSA) is 109 Å². The number of pyridine rings is 1. The Balaban J connectivity index is 1.57. The Morgan fingerprint density at radius 2 is 1.96 bits per heavy atom. The molecule has 3 rings (SSSR count). The monoisotopic (exact) mass is 379 g/mol. The lowest BCUT2D eigenvalue weighted by Crippen LogP contribution is -2.38. The molecular weight excluding hydrogens is 354 g/mol. The molecule has 0 bridgehead atoms. The number of aromatic nitrogens is 1. The van der Waals surface area contributed by atoms with Gasteiger partial charge in [-0.25, -0.2) is 9.78 Å². The largest absolute Gasteiger partial charge is 0.396 e. The Bertz CT molecular complexity index is 893. The van der Waals surface area contributed by atoms with Crippen molar-refractivity contribution in [2.24, 2.45) is 5.73 Å². The molecule has 0 saturated carbocycles. The first-order chi connectivity index (χ1) is 13.5. The summed E-state index contributed by atoms with van der Waals surface area (Å²) < 4.78 is 0. The molecule has 0 unspecified atom stereocenters. The summed E-state index contributed by atoms with van der Waals surface area (Å²) in [6.07, 6.45) is 2.75. The summed E-state index contributed by atoms with van der Waals surface area (Å²) in [6, 6.07) is 12.7. The Labute approximate surface area is 164 Å². The number of urea groups is 1. The van der Waals surface area contributed by atoms with Crippen molar-refractivity contribution in [3.63, 3.8) is 0 Å². The van der Waals surface area contributed by atoms with Crippen LogP contribution in [0.5, 0.6) is 0 Å². The van der Waals surface area contributed by atoms with Crippen LogP contribution in [0.4, 0.5) is 10.6 Å². The summed E-state index contributed by atoms with van der Waals surface area (Å²) in [5.41, 5.74) is 9.21. The van der Waals surface area contributed by atoms with Gasteiger partial charge >= 0.3 is 6.03 Å². The summed E-state index contributed by atoms with van der Waals surface area (Å²) in [4.78, 5) is 28.7. The molecule has 7 heteroatoms. The molecule has 5 N–H and O–H groups in total. The second-order valence-corrected chi connectivity index (χ2v) is 6.68. The zero-order valence-corrected chi connectivity index (χ0v) is 15.9. The summed E-state index contributed by atoms with van der Waals surface area (Å²) >= 11 is 0. The number of nitrogens with one attached hydrogen (secondary N) is 3. The van der Waals surface area contributed by atoms with Gasteiger partial charge in [0.05, 0.1) is 5.70 Å². The smallest absolute Gasteiger partial charge is 0.319 e. The number of allylic oxidation sites excluding steroid dienone is 1. The minimum Gasteiger partial charge on any atom is -0.396 e. The molecule has 2 aromatic rings. The molecule has 0 saturated heterocycles. The van der Waals surface area contributed by atoms with Crippen molar-refractivity contribution in [2.45, 2.75) is 26.2 Å². The van der Waals surface area contributed by atoms with Crippen LogP contribution in [0.3, 0.4) is 0 Å². The number of nitrogens with zero attached hydrogens (tertiary/aromatic N) is 1. The first-order valence-electron chi connectivity index (χ1n) is 9.38. The number of nitrogens with two attached hydrogens (primary N) is 1. The molecule has 1 aliphatic heterocycles. The molecule has 0 aliphatic carbocycles. The van der Waals surface area contributed by atoms with Crippen LogP contribution in [0, 0.1) is 0 Å². The number of rotatable bonds is 6. The van der Waals surface area contributed by atoms with Gasteiger partial charge in [-0.2, -0.15) is 0 Å².